The van der Waals surface area contributed by atoms with Crippen molar-refractivity contribution in [3.63, 3.8) is 0 Å². The fraction of sp³-hybridized carbons (Fsp3) is 0.200. The molecule has 0 unspecified atom stereocenters. The fourth-order valence-corrected chi connectivity index (χ4v) is 4.26. The number of benzene rings is 2. The molecule has 0 saturated carbocycles. The van der Waals surface area contributed by atoms with Crippen LogP contribution < -0.4 is 9.47 Å². The van der Waals surface area contributed by atoms with E-state index in [1.54, 1.807) is 23.1 Å². The second-order valence-corrected chi connectivity index (χ2v) is 9.28. The molecule has 5 rings (SSSR count). The first kappa shape index (κ1) is 26.9. The van der Waals surface area contributed by atoms with E-state index in [1.807, 2.05) is 0 Å². The first-order chi connectivity index (χ1) is 19.3. The highest BCUT2D eigenvalue weighted by Gasteiger charge is 2.26. The van der Waals surface area contributed by atoms with Crippen molar-refractivity contribution < 1.29 is 32.2 Å². The monoisotopic (exact) mass is 547 g/mol. The molecular weight excluding hydrogens is 523 g/mol. The number of halogens is 3. The number of ether oxygens (including phenoxy) is 2. The van der Waals surface area contributed by atoms with Crippen LogP contribution in [0.1, 0.15) is 39.3 Å². The van der Waals surface area contributed by atoms with E-state index >= 15 is 0 Å². The second-order valence-electron chi connectivity index (χ2n) is 9.28. The molecule has 10 heteroatoms. The number of carbonyl (C=O) groups excluding carboxylic acids is 2. The number of rotatable bonds is 8. The molecule has 1 aliphatic rings. The molecule has 40 heavy (non-hydrogen) atoms. The van der Waals surface area contributed by atoms with Crippen molar-refractivity contribution in [3.8, 4) is 17.4 Å². The molecule has 0 aliphatic carbocycles. The third-order valence-corrected chi connectivity index (χ3v) is 6.42. The minimum atomic E-state index is -0.762. The Labute approximate surface area is 228 Å². The molecule has 7 nitrogen and oxygen atoms in total. The van der Waals surface area contributed by atoms with E-state index in [9.17, 15) is 22.8 Å². The SMILES string of the molecule is O=C(Cc1ccc(Oc2ccc(F)cc2)nc1)c1ccc(C(=O)N2CCC(Oc3ccc(F)cc3F)CC2)nc1. The number of nitrogens with zero attached hydrogens (tertiary/aromatic N) is 3. The Bertz CT molecular complexity index is 1490. The van der Waals surface area contributed by atoms with E-state index < -0.39 is 11.6 Å². The number of aromatic nitrogens is 2. The number of likely N-dealkylation sites (tertiary alicyclic amines) is 1. The predicted molar refractivity (Wildman–Crippen MR) is 139 cm³/mol. The van der Waals surface area contributed by atoms with Crippen molar-refractivity contribution in [2.24, 2.45) is 0 Å². The van der Waals surface area contributed by atoms with Gasteiger partial charge >= 0.3 is 0 Å². The Morgan fingerprint density at radius 3 is 2.25 bits per heavy atom. The van der Waals surface area contributed by atoms with Crippen LogP contribution in [-0.4, -0.2) is 45.8 Å². The van der Waals surface area contributed by atoms with Gasteiger partial charge in [-0.2, -0.15) is 0 Å². The number of hydrogen-bond acceptors (Lipinski definition) is 6. The van der Waals surface area contributed by atoms with Crippen molar-refractivity contribution in [1.29, 1.82) is 0 Å². The lowest BCUT2D eigenvalue weighted by Gasteiger charge is -2.32. The van der Waals surface area contributed by atoms with E-state index in [0.717, 1.165) is 12.1 Å². The smallest absolute Gasteiger partial charge is 0.272 e. The number of piperidine rings is 1. The topological polar surface area (TPSA) is 81.6 Å². The van der Waals surface area contributed by atoms with Crippen molar-refractivity contribution in [1.82, 2.24) is 14.9 Å². The zero-order chi connectivity index (χ0) is 28.1. The maximum atomic E-state index is 13.9. The summed E-state index contributed by atoms with van der Waals surface area (Å²) in [6.45, 7) is 0.783. The average Bonchev–Trinajstić information content (AvgIpc) is 2.97. The van der Waals surface area contributed by atoms with Crippen LogP contribution in [0.25, 0.3) is 0 Å². The van der Waals surface area contributed by atoms with Crippen molar-refractivity contribution >= 4 is 11.7 Å². The van der Waals surface area contributed by atoms with Gasteiger partial charge in [0.1, 0.15) is 29.2 Å². The van der Waals surface area contributed by atoms with Crippen LogP contribution >= 0.6 is 0 Å². The van der Waals surface area contributed by atoms with Gasteiger partial charge in [-0.05, 0) is 54.1 Å². The Balaban J connectivity index is 1.12. The Morgan fingerprint density at radius 1 is 0.850 bits per heavy atom. The third-order valence-electron chi connectivity index (χ3n) is 6.42. The lowest BCUT2D eigenvalue weighted by molar-refractivity contribution is 0.0582. The molecule has 1 aliphatic heterocycles. The predicted octanol–water partition coefficient (Wildman–Crippen LogP) is 5.80. The van der Waals surface area contributed by atoms with Gasteiger partial charge in [0.2, 0.25) is 5.88 Å². The highest BCUT2D eigenvalue weighted by atomic mass is 19.1. The molecule has 0 radical (unpaired) electrons. The molecular formula is C30H24F3N3O4. The maximum Gasteiger partial charge on any atom is 0.272 e. The van der Waals surface area contributed by atoms with E-state index in [1.165, 1.54) is 48.8 Å². The van der Waals surface area contributed by atoms with E-state index in [0.29, 0.717) is 48.7 Å². The Kier molecular flexibility index (Phi) is 8.04. The van der Waals surface area contributed by atoms with E-state index in [-0.39, 0.29) is 41.5 Å². The van der Waals surface area contributed by atoms with Gasteiger partial charge in [-0.3, -0.25) is 14.6 Å². The molecule has 0 bridgehead atoms. The molecule has 0 atom stereocenters. The van der Waals surface area contributed by atoms with Crippen LogP contribution in [0, 0.1) is 17.5 Å². The van der Waals surface area contributed by atoms with Crippen molar-refractivity contribution in [2.45, 2.75) is 25.4 Å². The van der Waals surface area contributed by atoms with Gasteiger partial charge in [0.25, 0.3) is 5.91 Å². The van der Waals surface area contributed by atoms with Gasteiger partial charge in [-0.25, -0.2) is 18.2 Å². The van der Waals surface area contributed by atoms with Gasteiger partial charge in [-0.15, -0.1) is 0 Å². The normalized spacial score (nSPS) is 13.6. The summed E-state index contributed by atoms with van der Waals surface area (Å²) < 4.78 is 51.2. The van der Waals surface area contributed by atoms with Gasteiger partial charge in [0.05, 0.1) is 0 Å². The largest absolute Gasteiger partial charge is 0.487 e. The number of amides is 1. The molecule has 0 N–H and O–H groups in total. The van der Waals surface area contributed by atoms with Crippen molar-refractivity contribution in [3.05, 3.63) is 113 Å². The lowest BCUT2D eigenvalue weighted by Crippen LogP contribution is -2.42. The maximum absolute atomic E-state index is 13.9. The second kappa shape index (κ2) is 12.0. The van der Waals surface area contributed by atoms with Crippen LogP contribution in [0.3, 0.4) is 0 Å². The zero-order valence-electron chi connectivity index (χ0n) is 21.2. The number of ketones is 1. The minimum Gasteiger partial charge on any atom is -0.487 e. The van der Waals surface area contributed by atoms with Gasteiger partial charge < -0.3 is 14.4 Å². The van der Waals surface area contributed by atoms with Gasteiger partial charge in [0, 0.05) is 62.4 Å². The summed E-state index contributed by atoms with van der Waals surface area (Å²) in [6, 6.07) is 15.1. The summed E-state index contributed by atoms with van der Waals surface area (Å²) in [5.41, 5.74) is 1.24. The Morgan fingerprint density at radius 2 is 1.60 bits per heavy atom. The average molecular weight is 548 g/mol. The standard InChI is InChI=1S/C30H24F3N3O4/c31-21-3-6-23(7-4-21)40-29-10-1-19(17-35-29)15-27(37)20-2-8-26(34-18-20)30(38)36-13-11-24(12-14-36)39-28-9-5-22(32)16-25(28)33/h1-10,16-18,24H,11-15H2. The van der Waals surface area contributed by atoms with E-state index in [4.69, 9.17) is 9.47 Å². The van der Waals surface area contributed by atoms with Crippen LogP contribution in [0.4, 0.5) is 13.2 Å². The van der Waals surface area contributed by atoms with Crippen LogP contribution in [0.15, 0.2) is 79.1 Å². The molecule has 3 heterocycles. The van der Waals surface area contributed by atoms with Crippen LogP contribution in [0.5, 0.6) is 17.4 Å². The van der Waals surface area contributed by atoms with E-state index in [2.05, 4.69) is 9.97 Å². The lowest BCUT2D eigenvalue weighted by atomic mass is 10.0. The minimum absolute atomic E-state index is 0.0156. The van der Waals surface area contributed by atoms with Crippen LogP contribution in [-0.2, 0) is 6.42 Å². The number of pyridine rings is 2. The first-order valence-corrected chi connectivity index (χ1v) is 12.6. The first-order valence-electron chi connectivity index (χ1n) is 12.6. The highest BCUT2D eigenvalue weighted by molar-refractivity contribution is 5.98. The molecule has 1 saturated heterocycles. The fourth-order valence-electron chi connectivity index (χ4n) is 4.26. The number of Topliss-reactive ketones (excluding diaryl/α,β-unsaturated/α-hetero) is 1. The molecule has 2 aromatic carbocycles. The van der Waals surface area contributed by atoms with Crippen LogP contribution in [0.2, 0.25) is 0 Å². The Hall–Kier alpha value is -4.73. The summed E-state index contributed by atoms with van der Waals surface area (Å²) in [5, 5.41) is 0. The quantitative estimate of drug-likeness (QED) is 0.260. The molecule has 2 aromatic heterocycles. The summed E-state index contributed by atoms with van der Waals surface area (Å²) in [6.07, 6.45) is 3.67. The van der Waals surface area contributed by atoms with Gasteiger partial charge in [0.15, 0.2) is 17.3 Å². The molecule has 1 amide bonds. The summed E-state index contributed by atoms with van der Waals surface area (Å²) in [4.78, 5) is 35.7. The molecule has 204 valence electrons. The summed E-state index contributed by atoms with van der Waals surface area (Å²) in [5.74, 6) is -1.53. The highest BCUT2D eigenvalue weighted by Crippen LogP contribution is 2.24. The number of hydrogen-bond donors (Lipinski definition) is 0. The van der Waals surface area contributed by atoms with Gasteiger partial charge in [-0.1, -0.05) is 6.07 Å². The third kappa shape index (κ3) is 6.63. The molecule has 4 aromatic rings. The number of carbonyl (C=O) groups is 2. The summed E-state index contributed by atoms with van der Waals surface area (Å²) in [7, 11) is 0. The molecule has 1 fully saturated rings. The summed E-state index contributed by atoms with van der Waals surface area (Å²) >= 11 is 0. The molecule has 0 spiro atoms. The van der Waals surface area contributed by atoms with Crippen molar-refractivity contribution in [2.75, 3.05) is 13.1 Å². The zero-order valence-corrected chi connectivity index (χ0v) is 21.2.